The molecule has 0 aliphatic heterocycles. The number of hydrogen-bond donors (Lipinski definition) is 1. The molecular formula is C17H17BrN4O2S. The van der Waals surface area contributed by atoms with E-state index in [1.807, 2.05) is 31.2 Å². The van der Waals surface area contributed by atoms with Crippen molar-refractivity contribution < 1.29 is 0 Å². The van der Waals surface area contributed by atoms with E-state index in [0.717, 1.165) is 26.0 Å². The smallest absolute Gasteiger partial charge is 0.332 e. The Morgan fingerprint density at radius 1 is 1.32 bits per heavy atom. The third-order valence-corrected chi connectivity index (χ3v) is 5.25. The highest BCUT2D eigenvalue weighted by atomic mass is 79.9. The number of aromatic nitrogens is 3. The van der Waals surface area contributed by atoms with Crippen LogP contribution in [-0.2, 0) is 13.6 Å². The van der Waals surface area contributed by atoms with Crippen LogP contribution in [0.15, 0.2) is 43.7 Å². The molecule has 2 N–H and O–H groups in total. The van der Waals surface area contributed by atoms with Crippen molar-refractivity contribution in [2.24, 2.45) is 7.05 Å². The van der Waals surface area contributed by atoms with Crippen molar-refractivity contribution >= 4 is 33.1 Å². The Morgan fingerprint density at radius 3 is 2.76 bits per heavy atom. The molecule has 0 saturated carbocycles. The van der Waals surface area contributed by atoms with Crippen molar-refractivity contribution in [1.82, 2.24) is 14.1 Å². The van der Waals surface area contributed by atoms with Gasteiger partial charge in [-0.2, -0.15) is 0 Å². The van der Waals surface area contributed by atoms with Gasteiger partial charge in [0.25, 0.3) is 5.56 Å². The summed E-state index contributed by atoms with van der Waals surface area (Å²) in [6.45, 7) is 2.40. The van der Waals surface area contributed by atoms with Gasteiger partial charge in [0.15, 0.2) is 0 Å². The normalized spacial score (nSPS) is 11.0. The molecule has 0 aliphatic carbocycles. The molecule has 2 heterocycles. The summed E-state index contributed by atoms with van der Waals surface area (Å²) in [5, 5.41) is 2.58. The Labute approximate surface area is 156 Å². The number of rotatable bonds is 4. The van der Waals surface area contributed by atoms with Crippen LogP contribution < -0.4 is 17.0 Å². The molecule has 0 aliphatic rings. The highest BCUT2D eigenvalue weighted by molar-refractivity contribution is 9.10. The van der Waals surface area contributed by atoms with Gasteiger partial charge in [-0.1, -0.05) is 35.0 Å². The van der Waals surface area contributed by atoms with Crippen LogP contribution in [0.3, 0.4) is 0 Å². The summed E-state index contributed by atoms with van der Waals surface area (Å²) < 4.78 is 3.46. The third-order valence-electron chi connectivity index (χ3n) is 3.86. The van der Waals surface area contributed by atoms with Crippen LogP contribution in [0.1, 0.15) is 13.3 Å². The van der Waals surface area contributed by atoms with E-state index in [1.165, 1.54) is 23.0 Å². The van der Waals surface area contributed by atoms with Gasteiger partial charge < -0.3 is 5.73 Å². The first-order valence-corrected chi connectivity index (χ1v) is 9.42. The third kappa shape index (κ3) is 3.19. The topological polar surface area (TPSA) is 82.9 Å². The molecule has 0 bridgehead atoms. The fourth-order valence-corrected chi connectivity index (χ4v) is 3.81. The van der Waals surface area contributed by atoms with Gasteiger partial charge in [0.2, 0.25) is 0 Å². The van der Waals surface area contributed by atoms with Crippen molar-refractivity contribution in [2.75, 3.05) is 5.73 Å². The standard InChI is InChI=1S/C17H17BrN4O2S/c1-3-7-22-14(19)13(16(23)21(2)17(22)24)12-9-25-15(20-12)10-5-4-6-11(18)8-10/h4-6,8-9H,3,7,19H2,1-2H3. The Kier molecular flexibility index (Phi) is 4.91. The quantitative estimate of drug-likeness (QED) is 0.702. The number of benzene rings is 1. The van der Waals surface area contributed by atoms with E-state index in [9.17, 15) is 9.59 Å². The van der Waals surface area contributed by atoms with Gasteiger partial charge in [0.1, 0.15) is 16.4 Å². The van der Waals surface area contributed by atoms with E-state index in [0.29, 0.717) is 12.2 Å². The van der Waals surface area contributed by atoms with Crippen molar-refractivity contribution in [1.29, 1.82) is 0 Å². The fourth-order valence-electron chi connectivity index (χ4n) is 2.61. The van der Waals surface area contributed by atoms with Crippen molar-refractivity contribution in [3.63, 3.8) is 0 Å². The molecule has 3 rings (SSSR count). The van der Waals surface area contributed by atoms with Gasteiger partial charge in [-0.05, 0) is 18.6 Å². The second-order valence-corrected chi connectivity index (χ2v) is 7.38. The Bertz CT molecular complexity index is 1050. The zero-order chi connectivity index (χ0) is 18.1. The van der Waals surface area contributed by atoms with Crippen LogP contribution in [0.4, 0.5) is 5.82 Å². The molecule has 2 aromatic heterocycles. The van der Waals surface area contributed by atoms with E-state index in [2.05, 4.69) is 20.9 Å². The van der Waals surface area contributed by atoms with Crippen molar-refractivity contribution in [2.45, 2.75) is 19.9 Å². The first kappa shape index (κ1) is 17.6. The van der Waals surface area contributed by atoms with Crippen LogP contribution >= 0.6 is 27.3 Å². The molecule has 8 heteroatoms. The first-order valence-electron chi connectivity index (χ1n) is 7.75. The SMILES string of the molecule is CCCn1c(N)c(-c2csc(-c3cccc(Br)c3)n2)c(=O)n(C)c1=O. The van der Waals surface area contributed by atoms with Crippen LogP contribution in [0.25, 0.3) is 21.8 Å². The number of thiazole rings is 1. The minimum atomic E-state index is -0.430. The predicted octanol–water partition coefficient (Wildman–Crippen LogP) is 3.09. The minimum Gasteiger partial charge on any atom is -0.384 e. The molecule has 0 fully saturated rings. The number of nitrogens with zero attached hydrogens (tertiary/aromatic N) is 3. The number of halogens is 1. The highest BCUT2D eigenvalue weighted by Crippen LogP contribution is 2.30. The second kappa shape index (κ2) is 6.97. The highest BCUT2D eigenvalue weighted by Gasteiger charge is 2.19. The van der Waals surface area contributed by atoms with Gasteiger partial charge in [0, 0.05) is 29.0 Å². The zero-order valence-corrected chi connectivity index (χ0v) is 16.2. The van der Waals surface area contributed by atoms with E-state index in [1.54, 1.807) is 5.38 Å². The molecule has 25 heavy (non-hydrogen) atoms. The van der Waals surface area contributed by atoms with Crippen LogP contribution in [0.5, 0.6) is 0 Å². The average molecular weight is 421 g/mol. The summed E-state index contributed by atoms with van der Waals surface area (Å²) >= 11 is 4.87. The monoisotopic (exact) mass is 420 g/mol. The molecule has 6 nitrogen and oxygen atoms in total. The van der Waals surface area contributed by atoms with Crippen molar-refractivity contribution in [3.05, 3.63) is 55.0 Å². The average Bonchev–Trinajstić information content (AvgIpc) is 3.07. The van der Waals surface area contributed by atoms with E-state index >= 15 is 0 Å². The van der Waals surface area contributed by atoms with Crippen LogP contribution in [0.2, 0.25) is 0 Å². The van der Waals surface area contributed by atoms with Gasteiger partial charge in [-0.15, -0.1) is 11.3 Å². The summed E-state index contributed by atoms with van der Waals surface area (Å²) in [6, 6.07) is 7.77. The molecular weight excluding hydrogens is 404 g/mol. The molecule has 130 valence electrons. The van der Waals surface area contributed by atoms with Crippen LogP contribution in [0, 0.1) is 0 Å². The summed E-state index contributed by atoms with van der Waals surface area (Å²) in [7, 11) is 1.46. The van der Waals surface area contributed by atoms with E-state index in [4.69, 9.17) is 5.73 Å². The molecule has 0 atom stereocenters. The lowest BCUT2D eigenvalue weighted by atomic mass is 10.2. The summed E-state index contributed by atoms with van der Waals surface area (Å²) in [4.78, 5) is 29.4. The predicted molar refractivity (Wildman–Crippen MR) is 105 cm³/mol. The summed E-state index contributed by atoms with van der Waals surface area (Å²) in [5.74, 6) is 0.168. The number of nitrogen functional groups attached to an aromatic ring is 1. The first-order chi connectivity index (χ1) is 11.9. The fraction of sp³-hybridized carbons (Fsp3) is 0.235. The summed E-state index contributed by atoms with van der Waals surface area (Å²) in [6.07, 6.45) is 0.738. The number of nitrogens with two attached hydrogens (primary N) is 1. The van der Waals surface area contributed by atoms with Gasteiger partial charge in [-0.25, -0.2) is 9.78 Å². The van der Waals surface area contributed by atoms with Gasteiger partial charge in [0.05, 0.1) is 5.69 Å². The van der Waals surface area contributed by atoms with Gasteiger partial charge in [-0.3, -0.25) is 13.9 Å². The van der Waals surface area contributed by atoms with Crippen LogP contribution in [-0.4, -0.2) is 14.1 Å². The summed E-state index contributed by atoms with van der Waals surface area (Å²) in [5.41, 5.74) is 7.02. The van der Waals surface area contributed by atoms with Gasteiger partial charge >= 0.3 is 5.69 Å². The second-order valence-electron chi connectivity index (χ2n) is 5.61. The maximum Gasteiger partial charge on any atom is 0.332 e. The lowest BCUT2D eigenvalue weighted by molar-refractivity contribution is 0.600. The lowest BCUT2D eigenvalue weighted by Gasteiger charge is -2.13. The molecule has 0 radical (unpaired) electrons. The molecule has 0 unspecified atom stereocenters. The van der Waals surface area contributed by atoms with Crippen molar-refractivity contribution in [3.8, 4) is 21.8 Å². The number of anilines is 1. The maximum atomic E-state index is 12.6. The Morgan fingerprint density at radius 2 is 2.08 bits per heavy atom. The lowest BCUT2D eigenvalue weighted by Crippen LogP contribution is -2.40. The molecule has 0 saturated heterocycles. The maximum absolute atomic E-state index is 12.6. The molecule has 0 amide bonds. The Balaban J connectivity index is 2.18. The van der Waals surface area contributed by atoms with E-state index in [-0.39, 0.29) is 11.4 Å². The molecule has 3 aromatic rings. The number of hydrogen-bond acceptors (Lipinski definition) is 5. The minimum absolute atomic E-state index is 0.168. The Hall–Kier alpha value is -2.19. The van der Waals surface area contributed by atoms with E-state index < -0.39 is 11.2 Å². The zero-order valence-electron chi connectivity index (χ0n) is 13.8. The molecule has 1 aromatic carbocycles. The largest absolute Gasteiger partial charge is 0.384 e. The molecule has 0 spiro atoms.